The SMILES string of the molecule is CCC(C)c1ccc(OC(=O)C2CCC3OC3C2)c(C)c1. The van der Waals surface area contributed by atoms with Crippen molar-refractivity contribution in [2.45, 2.75) is 64.6 Å². The molecule has 114 valence electrons. The summed E-state index contributed by atoms with van der Waals surface area (Å²) in [6.45, 7) is 6.41. The Bertz CT molecular complexity index is 537. The maximum Gasteiger partial charge on any atom is 0.314 e. The molecule has 0 radical (unpaired) electrons. The largest absolute Gasteiger partial charge is 0.426 e. The number of hydrogen-bond donors (Lipinski definition) is 0. The molecule has 1 aliphatic heterocycles. The van der Waals surface area contributed by atoms with Crippen LogP contribution >= 0.6 is 0 Å². The van der Waals surface area contributed by atoms with Gasteiger partial charge in [0.2, 0.25) is 0 Å². The first-order chi connectivity index (χ1) is 10.1. The van der Waals surface area contributed by atoms with Crippen molar-refractivity contribution in [1.82, 2.24) is 0 Å². The van der Waals surface area contributed by atoms with Crippen molar-refractivity contribution in [3.05, 3.63) is 29.3 Å². The van der Waals surface area contributed by atoms with E-state index in [1.165, 1.54) is 5.56 Å². The van der Waals surface area contributed by atoms with Crippen molar-refractivity contribution < 1.29 is 14.3 Å². The number of carbonyl (C=O) groups excluding carboxylic acids is 1. The summed E-state index contributed by atoms with van der Waals surface area (Å²) in [6, 6.07) is 6.15. The smallest absolute Gasteiger partial charge is 0.314 e. The number of epoxide rings is 1. The lowest BCUT2D eigenvalue weighted by Gasteiger charge is -2.18. The average molecular weight is 288 g/mol. The average Bonchev–Trinajstić information content (AvgIpc) is 3.26. The summed E-state index contributed by atoms with van der Waals surface area (Å²) in [4.78, 5) is 12.3. The molecule has 1 aromatic carbocycles. The third kappa shape index (κ3) is 3.13. The number of benzene rings is 1. The summed E-state index contributed by atoms with van der Waals surface area (Å²) in [7, 11) is 0. The third-order valence-electron chi connectivity index (χ3n) is 4.93. The van der Waals surface area contributed by atoms with Gasteiger partial charge in [0.15, 0.2) is 0 Å². The fraction of sp³-hybridized carbons (Fsp3) is 0.611. The van der Waals surface area contributed by atoms with E-state index in [4.69, 9.17) is 9.47 Å². The molecule has 0 N–H and O–H groups in total. The zero-order valence-corrected chi connectivity index (χ0v) is 13.1. The van der Waals surface area contributed by atoms with Crippen LogP contribution in [0.15, 0.2) is 18.2 Å². The van der Waals surface area contributed by atoms with Gasteiger partial charge in [0, 0.05) is 0 Å². The van der Waals surface area contributed by atoms with Crippen molar-refractivity contribution in [2.24, 2.45) is 5.92 Å². The summed E-state index contributed by atoms with van der Waals surface area (Å²) < 4.78 is 11.1. The van der Waals surface area contributed by atoms with Gasteiger partial charge in [-0.05, 0) is 55.7 Å². The highest BCUT2D eigenvalue weighted by Crippen LogP contribution is 2.40. The van der Waals surface area contributed by atoms with Crippen LogP contribution < -0.4 is 4.74 Å². The highest BCUT2D eigenvalue weighted by molar-refractivity contribution is 5.75. The van der Waals surface area contributed by atoms with Crippen LogP contribution in [0.2, 0.25) is 0 Å². The Hall–Kier alpha value is -1.35. The van der Waals surface area contributed by atoms with Crippen molar-refractivity contribution in [3.63, 3.8) is 0 Å². The van der Waals surface area contributed by atoms with Gasteiger partial charge in [-0.2, -0.15) is 0 Å². The van der Waals surface area contributed by atoms with E-state index in [1.807, 2.05) is 13.0 Å². The molecule has 3 rings (SSSR count). The normalized spacial score (nSPS) is 28.6. The van der Waals surface area contributed by atoms with Gasteiger partial charge < -0.3 is 9.47 Å². The maximum atomic E-state index is 12.3. The Kier molecular flexibility index (Phi) is 4.03. The van der Waals surface area contributed by atoms with Gasteiger partial charge >= 0.3 is 5.97 Å². The zero-order chi connectivity index (χ0) is 15.0. The predicted molar refractivity (Wildman–Crippen MR) is 81.5 cm³/mol. The zero-order valence-electron chi connectivity index (χ0n) is 13.1. The molecule has 3 heteroatoms. The summed E-state index contributed by atoms with van der Waals surface area (Å²) in [5, 5.41) is 0. The van der Waals surface area contributed by atoms with Crippen molar-refractivity contribution in [2.75, 3.05) is 0 Å². The number of fused-ring (bicyclic) bond motifs is 1. The molecule has 21 heavy (non-hydrogen) atoms. The Morgan fingerprint density at radius 2 is 2.19 bits per heavy atom. The molecule has 2 fully saturated rings. The van der Waals surface area contributed by atoms with E-state index in [0.29, 0.717) is 23.9 Å². The number of hydrogen-bond acceptors (Lipinski definition) is 3. The van der Waals surface area contributed by atoms with Crippen LogP contribution in [0.5, 0.6) is 5.75 Å². The second-order valence-corrected chi connectivity index (χ2v) is 6.48. The quantitative estimate of drug-likeness (QED) is 0.478. The monoisotopic (exact) mass is 288 g/mol. The van der Waals surface area contributed by atoms with E-state index in [9.17, 15) is 4.79 Å². The minimum absolute atomic E-state index is 0.00221. The topological polar surface area (TPSA) is 38.8 Å². The Labute approximate surface area is 126 Å². The number of ether oxygens (including phenoxy) is 2. The summed E-state index contributed by atoms with van der Waals surface area (Å²) in [5.74, 6) is 1.15. The molecule has 4 atom stereocenters. The first kappa shape index (κ1) is 14.6. The van der Waals surface area contributed by atoms with Crippen LogP contribution in [0, 0.1) is 12.8 Å². The second-order valence-electron chi connectivity index (χ2n) is 6.48. The van der Waals surface area contributed by atoms with Gasteiger partial charge in [-0.15, -0.1) is 0 Å². The summed E-state index contributed by atoms with van der Waals surface area (Å²) in [5.41, 5.74) is 2.35. The van der Waals surface area contributed by atoms with Crippen molar-refractivity contribution in [1.29, 1.82) is 0 Å². The maximum absolute atomic E-state index is 12.3. The first-order valence-electron chi connectivity index (χ1n) is 8.06. The fourth-order valence-corrected chi connectivity index (χ4v) is 3.14. The standard InChI is InChI=1S/C18H24O3/c1-4-11(2)13-5-7-15(12(3)9-13)21-18(19)14-6-8-16-17(10-14)20-16/h5,7,9,11,14,16-17H,4,6,8,10H2,1-3H3. The Balaban J connectivity index is 1.65. The van der Waals surface area contributed by atoms with Crippen LogP contribution in [0.4, 0.5) is 0 Å². The Morgan fingerprint density at radius 1 is 1.38 bits per heavy atom. The number of aryl methyl sites for hydroxylation is 1. The molecule has 3 nitrogen and oxygen atoms in total. The van der Waals surface area contributed by atoms with Crippen LogP contribution in [-0.2, 0) is 9.53 Å². The van der Waals surface area contributed by atoms with E-state index >= 15 is 0 Å². The van der Waals surface area contributed by atoms with Gasteiger partial charge in [-0.3, -0.25) is 4.79 Å². The number of esters is 1. The van der Waals surface area contributed by atoms with Crippen LogP contribution in [-0.4, -0.2) is 18.2 Å². The minimum atomic E-state index is -0.0941. The summed E-state index contributed by atoms with van der Waals surface area (Å²) in [6.07, 6.45) is 4.56. The molecule has 1 aromatic rings. The highest BCUT2D eigenvalue weighted by Gasteiger charge is 2.46. The van der Waals surface area contributed by atoms with E-state index in [2.05, 4.69) is 26.0 Å². The molecule has 4 unspecified atom stereocenters. The van der Waals surface area contributed by atoms with Crippen LogP contribution in [0.1, 0.15) is 56.6 Å². The van der Waals surface area contributed by atoms with Crippen molar-refractivity contribution in [3.8, 4) is 5.75 Å². The highest BCUT2D eigenvalue weighted by atomic mass is 16.6. The van der Waals surface area contributed by atoms with E-state index in [1.54, 1.807) is 0 Å². The Morgan fingerprint density at radius 3 is 2.86 bits per heavy atom. The molecular formula is C18H24O3. The first-order valence-corrected chi connectivity index (χ1v) is 8.06. The molecule has 1 heterocycles. The number of carbonyl (C=O) groups is 1. The molecule has 0 amide bonds. The lowest BCUT2D eigenvalue weighted by atomic mass is 9.89. The van der Waals surface area contributed by atoms with E-state index in [0.717, 1.165) is 31.2 Å². The lowest BCUT2D eigenvalue weighted by molar-refractivity contribution is -0.139. The predicted octanol–water partition coefficient (Wildman–Crippen LogP) is 3.98. The van der Waals surface area contributed by atoms with Gasteiger partial charge in [-0.1, -0.05) is 26.0 Å². The minimum Gasteiger partial charge on any atom is -0.426 e. The van der Waals surface area contributed by atoms with Crippen molar-refractivity contribution >= 4 is 5.97 Å². The lowest BCUT2D eigenvalue weighted by Crippen LogP contribution is -2.26. The van der Waals surface area contributed by atoms with Gasteiger partial charge in [-0.25, -0.2) is 0 Å². The molecular weight excluding hydrogens is 264 g/mol. The molecule has 2 aliphatic rings. The van der Waals surface area contributed by atoms with E-state index in [-0.39, 0.29) is 11.9 Å². The third-order valence-corrected chi connectivity index (χ3v) is 4.93. The molecule has 0 bridgehead atoms. The second kappa shape index (κ2) is 5.80. The van der Waals surface area contributed by atoms with Crippen LogP contribution in [0.3, 0.4) is 0 Å². The number of rotatable bonds is 4. The molecule has 0 spiro atoms. The molecule has 0 aromatic heterocycles. The summed E-state index contributed by atoms with van der Waals surface area (Å²) >= 11 is 0. The van der Waals surface area contributed by atoms with Gasteiger partial charge in [0.25, 0.3) is 0 Å². The van der Waals surface area contributed by atoms with Crippen LogP contribution in [0.25, 0.3) is 0 Å². The molecule has 1 saturated heterocycles. The molecule has 1 aliphatic carbocycles. The van der Waals surface area contributed by atoms with Gasteiger partial charge in [0.05, 0.1) is 18.1 Å². The van der Waals surface area contributed by atoms with Gasteiger partial charge in [0.1, 0.15) is 5.75 Å². The molecule has 1 saturated carbocycles. The fourth-order valence-electron chi connectivity index (χ4n) is 3.14. The van der Waals surface area contributed by atoms with E-state index < -0.39 is 0 Å².